The van der Waals surface area contributed by atoms with Crippen molar-refractivity contribution >= 4 is 0 Å². The predicted molar refractivity (Wildman–Crippen MR) is 81.7 cm³/mol. The second-order valence-electron chi connectivity index (χ2n) is 5.22. The summed E-state index contributed by atoms with van der Waals surface area (Å²) in [5.74, 6) is 0.873. The van der Waals surface area contributed by atoms with Crippen LogP contribution in [0.3, 0.4) is 0 Å². The maximum Gasteiger partial charge on any atom is 0.130 e. The van der Waals surface area contributed by atoms with Crippen molar-refractivity contribution in [3.8, 4) is 5.75 Å². The van der Waals surface area contributed by atoms with Crippen molar-refractivity contribution in [2.75, 3.05) is 0 Å². The van der Waals surface area contributed by atoms with Crippen LogP contribution < -0.4 is 10.5 Å². The zero-order valence-corrected chi connectivity index (χ0v) is 12.2. The van der Waals surface area contributed by atoms with Gasteiger partial charge >= 0.3 is 0 Å². The molecule has 0 fully saturated rings. The van der Waals surface area contributed by atoms with Crippen molar-refractivity contribution in [1.29, 1.82) is 0 Å². The number of nitrogens with zero attached hydrogens (tertiary/aromatic N) is 1. The Labute approximate surface area is 120 Å². The molecule has 106 valence electrons. The molecule has 1 aromatic carbocycles. The Hall–Kier alpha value is -1.87. The van der Waals surface area contributed by atoms with Gasteiger partial charge in [-0.2, -0.15) is 0 Å². The topological polar surface area (TPSA) is 48.1 Å². The molecule has 1 unspecified atom stereocenters. The molecule has 1 atom stereocenters. The van der Waals surface area contributed by atoms with E-state index in [1.165, 1.54) is 5.56 Å². The van der Waals surface area contributed by atoms with Gasteiger partial charge in [-0.15, -0.1) is 0 Å². The van der Waals surface area contributed by atoms with Gasteiger partial charge < -0.3 is 10.5 Å². The lowest BCUT2D eigenvalue weighted by Crippen LogP contribution is -2.15. The fourth-order valence-electron chi connectivity index (χ4n) is 1.98. The fraction of sp³-hybridized carbons (Fsp3) is 0.353. The number of pyridine rings is 1. The third-order valence-corrected chi connectivity index (χ3v) is 3.14. The Morgan fingerprint density at radius 2 is 1.90 bits per heavy atom. The van der Waals surface area contributed by atoms with E-state index in [0.29, 0.717) is 6.61 Å². The first kappa shape index (κ1) is 14.5. The normalized spacial score (nSPS) is 12.2. The molecular weight excluding hydrogens is 248 g/mol. The van der Waals surface area contributed by atoms with E-state index in [1.807, 2.05) is 44.2 Å². The minimum absolute atomic E-state index is 0.248. The molecule has 0 aliphatic heterocycles. The Morgan fingerprint density at radius 1 is 1.15 bits per heavy atom. The Bertz CT molecular complexity index is 535. The molecule has 0 spiro atoms. The summed E-state index contributed by atoms with van der Waals surface area (Å²) in [4.78, 5) is 4.42. The van der Waals surface area contributed by atoms with Crippen LogP contribution in [0.2, 0.25) is 0 Å². The summed E-state index contributed by atoms with van der Waals surface area (Å²) in [6, 6.07) is 14.4. The van der Waals surface area contributed by atoms with Crippen molar-refractivity contribution < 1.29 is 4.74 Å². The van der Waals surface area contributed by atoms with Gasteiger partial charge in [0.05, 0.1) is 5.69 Å². The first-order valence-electron chi connectivity index (χ1n) is 7.03. The summed E-state index contributed by atoms with van der Waals surface area (Å²) in [5.41, 5.74) is 9.02. The Morgan fingerprint density at radius 3 is 2.55 bits per heavy atom. The van der Waals surface area contributed by atoms with E-state index in [4.69, 9.17) is 10.5 Å². The minimum Gasteiger partial charge on any atom is -0.487 e. The van der Waals surface area contributed by atoms with Gasteiger partial charge in [0.1, 0.15) is 12.4 Å². The standard InChI is InChI=1S/C17H22N2O/c1-13(18)6-7-15-8-10-17(11-9-15)20-12-16-5-3-4-14(2)19-16/h3-5,8-11,13H,6-7,12,18H2,1-2H3. The number of hydrogen-bond donors (Lipinski definition) is 1. The molecule has 0 bridgehead atoms. The van der Waals surface area contributed by atoms with Crippen LogP contribution in [-0.2, 0) is 13.0 Å². The van der Waals surface area contributed by atoms with Crippen molar-refractivity contribution in [2.24, 2.45) is 5.73 Å². The van der Waals surface area contributed by atoms with E-state index in [1.54, 1.807) is 0 Å². The Balaban J connectivity index is 1.87. The highest BCUT2D eigenvalue weighted by Crippen LogP contribution is 2.15. The van der Waals surface area contributed by atoms with E-state index < -0.39 is 0 Å². The lowest BCUT2D eigenvalue weighted by atomic mass is 10.1. The highest BCUT2D eigenvalue weighted by Gasteiger charge is 2.00. The molecule has 0 saturated heterocycles. The molecule has 1 aromatic heterocycles. The number of aryl methyl sites for hydroxylation is 2. The van der Waals surface area contributed by atoms with Gasteiger partial charge in [-0.05, 0) is 56.5 Å². The van der Waals surface area contributed by atoms with E-state index >= 15 is 0 Å². The first-order valence-corrected chi connectivity index (χ1v) is 7.03. The molecule has 1 heterocycles. The molecule has 2 aromatic rings. The maximum atomic E-state index is 5.76. The molecule has 3 nitrogen and oxygen atoms in total. The van der Waals surface area contributed by atoms with Crippen molar-refractivity contribution in [1.82, 2.24) is 4.98 Å². The Kier molecular flexibility index (Phi) is 5.13. The molecule has 0 amide bonds. The van der Waals surface area contributed by atoms with Crippen LogP contribution >= 0.6 is 0 Å². The van der Waals surface area contributed by atoms with Crippen molar-refractivity contribution in [3.63, 3.8) is 0 Å². The van der Waals surface area contributed by atoms with Gasteiger partial charge in [-0.25, -0.2) is 0 Å². The number of ether oxygens (including phenoxy) is 1. The minimum atomic E-state index is 0.248. The highest BCUT2D eigenvalue weighted by molar-refractivity contribution is 5.27. The monoisotopic (exact) mass is 270 g/mol. The second kappa shape index (κ2) is 7.06. The zero-order chi connectivity index (χ0) is 14.4. The molecular formula is C17H22N2O. The van der Waals surface area contributed by atoms with Gasteiger partial charge in [-0.3, -0.25) is 4.98 Å². The predicted octanol–water partition coefficient (Wildman–Crippen LogP) is 3.25. The molecule has 0 aliphatic rings. The average Bonchev–Trinajstić information content (AvgIpc) is 2.44. The summed E-state index contributed by atoms with van der Waals surface area (Å²) < 4.78 is 5.74. The van der Waals surface area contributed by atoms with E-state index in [9.17, 15) is 0 Å². The smallest absolute Gasteiger partial charge is 0.130 e. The van der Waals surface area contributed by atoms with Gasteiger partial charge in [-0.1, -0.05) is 18.2 Å². The SMILES string of the molecule is Cc1cccc(COc2ccc(CCC(C)N)cc2)n1. The number of nitrogens with two attached hydrogens (primary N) is 1. The van der Waals surface area contributed by atoms with Crippen molar-refractivity contribution in [2.45, 2.75) is 39.3 Å². The molecule has 0 radical (unpaired) electrons. The molecule has 3 heteroatoms. The van der Waals surface area contributed by atoms with Crippen LogP contribution in [0, 0.1) is 6.92 Å². The van der Waals surface area contributed by atoms with Crippen LogP contribution in [0.15, 0.2) is 42.5 Å². The summed E-state index contributed by atoms with van der Waals surface area (Å²) >= 11 is 0. The van der Waals surface area contributed by atoms with Crippen LogP contribution in [0.1, 0.15) is 30.3 Å². The molecule has 20 heavy (non-hydrogen) atoms. The van der Waals surface area contributed by atoms with Gasteiger partial charge in [0.2, 0.25) is 0 Å². The third-order valence-electron chi connectivity index (χ3n) is 3.14. The lowest BCUT2D eigenvalue weighted by Gasteiger charge is -2.08. The number of rotatable bonds is 6. The number of benzene rings is 1. The van der Waals surface area contributed by atoms with Crippen LogP contribution in [0.4, 0.5) is 0 Å². The third kappa shape index (κ3) is 4.67. The summed E-state index contributed by atoms with van der Waals surface area (Å²) in [5, 5.41) is 0. The van der Waals surface area contributed by atoms with Crippen LogP contribution in [0.5, 0.6) is 5.75 Å². The van der Waals surface area contributed by atoms with E-state index in [0.717, 1.165) is 30.0 Å². The number of hydrogen-bond acceptors (Lipinski definition) is 3. The molecule has 0 aliphatic carbocycles. The molecule has 2 rings (SSSR count). The van der Waals surface area contributed by atoms with E-state index in [2.05, 4.69) is 17.1 Å². The first-order chi connectivity index (χ1) is 9.63. The summed E-state index contributed by atoms with van der Waals surface area (Å²) in [6.45, 7) is 4.52. The van der Waals surface area contributed by atoms with Gasteiger partial charge in [0, 0.05) is 11.7 Å². The molecule has 2 N–H and O–H groups in total. The largest absolute Gasteiger partial charge is 0.487 e. The van der Waals surface area contributed by atoms with Crippen LogP contribution in [0.25, 0.3) is 0 Å². The van der Waals surface area contributed by atoms with Gasteiger partial charge in [0.25, 0.3) is 0 Å². The summed E-state index contributed by atoms with van der Waals surface area (Å²) in [6.07, 6.45) is 2.02. The van der Waals surface area contributed by atoms with Crippen molar-refractivity contribution in [3.05, 3.63) is 59.4 Å². The van der Waals surface area contributed by atoms with Gasteiger partial charge in [0.15, 0.2) is 0 Å². The maximum absolute atomic E-state index is 5.76. The molecule has 0 saturated carbocycles. The fourth-order valence-corrected chi connectivity index (χ4v) is 1.98. The second-order valence-corrected chi connectivity index (χ2v) is 5.22. The quantitative estimate of drug-likeness (QED) is 0.876. The lowest BCUT2D eigenvalue weighted by molar-refractivity contribution is 0.301. The highest BCUT2D eigenvalue weighted by atomic mass is 16.5. The average molecular weight is 270 g/mol. The van der Waals surface area contributed by atoms with Crippen LogP contribution in [-0.4, -0.2) is 11.0 Å². The zero-order valence-electron chi connectivity index (χ0n) is 12.2. The summed E-state index contributed by atoms with van der Waals surface area (Å²) in [7, 11) is 0. The number of aromatic nitrogens is 1. The van der Waals surface area contributed by atoms with E-state index in [-0.39, 0.29) is 6.04 Å².